The Bertz CT molecular complexity index is 1520. The van der Waals surface area contributed by atoms with Crippen LogP contribution in [0, 0.1) is 5.82 Å². The molecule has 1 aromatic heterocycles. The molecule has 1 aliphatic heterocycles. The third kappa shape index (κ3) is 7.69. The van der Waals surface area contributed by atoms with E-state index in [1.165, 1.54) is 6.92 Å². The van der Waals surface area contributed by atoms with Gasteiger partial charge in [0.2, 0.25) is 5.82 Å². The maximum Gasteiger partial charge on any atom is 0.459 e. The second-order valence-electron chi connectivity index (χ2n) is 9.66. The number of hydrogen-bond donors (Lipinski definition) is 3. The van der Waals surface area contributed by atoms with Gasteiger partial charge in [-0.1, -0.05) is 56.2 Å². The number of aromatic nitrogens is 2. The molecule has 1 saturated heterocycles. The molecular weight excluding hydrogens is 560 g/mol. The van der Waals surface area contributed by atoms with Crippen molar-refractivity contribution in [3.63, 3.8) is 0 Å². The van der Waals surface area contributed by atoms with Gasteiger partial charge in [0.15, 0.2) is 0 Å². The molecule has 0 spiro atoms. The van der Waals surface area contributed by atoms with Crippen LogP contribution >= 0.6 is 7.75 Å². The third-order valence-corrected chi connectivity index (χ3v) is 8.14. The second kappa shape index (κ2) is 13.5. The van der Waals surface area contributed by atoms with Gasteiger partial charge < -0.3 is 19.1 Å². The Morgan fingerprint density at radius 1 is 1.24 bits per heavy atom. The molecule has 12 nitrogen and oxygen atoms in total. The molecule has 222 valence electrons. The van der Waals surface area contributed by atoms with E-state index in [9.17, 15) is 28.4 Å². The molecule has 0 radical (unpaired) electrons. The van der Waals surface area contributed by atoms with Crippen LogP contribution in [0.4, 0.5) is 4.39 Å². The molecule has 0 amide bonds. The minimum absolute atomic E-state index is 0.137. The molecule has 2 heterocycles. The van der Waals surface area contributed by atoms with Crippen LogP contribution in [-0.2, 0) is 23.4 Å². The maximum absolute atomic E-state index is 14.0. The summed E-state index contributed by atoms with van der Waals surface area (Å²) in [7, 11) is -4.31. The average Bonchev–Trinajstić information content (AvgIpc) is 3.32. The van der Waals surface area contributed by atoms with Gasteiger partial charge >= 0.3 is 19.4 Å². The Morgan fingerprint density at radius 2 is 2.00 bits per heavy atom. The van der Waals surface area contributed by atoms with Crippen LogP contribution in [0.3, 0.4) is 0 Å². The summed E-state index contributed by atoms with van der Waals surface area (Å²) in [5.74, 6) is -1.62. The van der Waals surface area contributed by atoms with E-state index < -0.39 is 61.9 Å². The number of nitrogens with zero attached hydrogens (tertiary/aromatic N) is 1. The maximum atomic E-state index is 14.0. The molecule has 0 saturated carbocycles. The summed E-state index contributed by atoms with van der Waals surface area (Å²) in [6.45, 7) is 3.21. The first kappa shape index (κ1) is 30.6. The van der Waals surface area contributed by atoms with E-state index in [4.69, 9.17) is 18.5 Å². The van der Waals surface area contributed by atoms with Gasteiger partial charge in [0.25, 0.3) is 5.56 Å². The van der Waals surface area contributed by atoms with Crippen molar-refractivity contribution in [2.45, 2.75) is 64.0 Å². The predicted octanol–water partition coefficient (Wildman–Crippen LogP) is 3.39. The summed E-state index contributed by atoms with van der Waals surface area (Å²) in [4.78, 5) is 37.9. The van der Waals surface area contributed by atoms with Gasteiger partial charge in [-0.25, -0.2) is 9.36 Å². The van der Waals surface area contributed by atoms with Crippen LogP contribution in [0.2, 0.25) is 0 Å². The zero-order valence-corrected chi connectivity index (χ0v) is 23.6. The molecule has 41 heavy (non-hydrogen) atoms. The summed E-state index contributed by atoms with van der Waals surface area (Å²) < 4.78 is 51.1. The summed E-state index contributed by atoms with van der Waals surface area (Å²) >= 11 is 0. The smallest absolute Gasteiger partial charge is 0.459 e. The van der Waals surface area contributed by atoms with Crippen LogP contribution in [-0.4, -0.2) is 52.1 Å². The molecule has 3 N–H and O–H groups in total. The SMILES string of the molecule is CCCCCOC(=O)[C@H](C)NP(=O)(OC[C@H]1O[C@@H](n2cc(F)c(=O)[nH]c2=O)CC1O)Oc1cccc2ccccc12. The van der Waals surface area contributed by atoms with E-state index in [1.54, 1.807) is 24.3 Å². The largest absolute Gasteiger partial charge is 0.465 e. The number of carbonyl (C=O) groups excluding carboxylic acids is 1. The van der Waals surface area contributed by atoms with Gasteiger partial charge in [-0.05, 0) is 24.8 Å². The van der Waals surface area contributed by atoms with Crippen molar-refractivity contribution in [2.24, 2.45) is 0 Å². The summed E-state index contributed by atoms with van der Waals surface area (Å²) in [5, 5.41) is 14.6. The molecule has 2 unspecified atom stereocenters. The van der Waals surface area contributed by atoms with Crippen LogP contribution in [0.15, 0.2) is 58.3 Å². The number of hydrogen-bond acceptors (Lipinski definition) is 9. The Morgan fingerprint density at radius 3 is 2.78 bits per heavy atom. The number of carbonyl (C=O) groups is 1. The number of H-pyrrole nitrogens is 1. The van der Waals surface area contributed by atoms with E-state index in [1.807, 2.05) is 30.1 Å². The fraction of sp³-hybridized carbons (Fsp3) is 0.444. The number of aliphatic hydroxyl groups excluding tert-OH is 1. The highest BCUT2D eigenvalue weighted by Gasteiger charge is 2.40. The lowest BCUT2D eigenvalue weighted by Gasteiger charge is -2.25. The Kier molecular flexibility index (Phi) is 10.1. The molecule has 2 aromatic carbocycles. The van der Waals surface area contributed by atoms with E-state index in [0.29, 0.717) is 18.0 Å². The van der Waals surface area contributed by atoms with Crippen molar-refractivity contribution in [3.8, 4) is 5.75 Å². The highest BCUT2D eigenvalue weighted by atomic mass is 31.2. The molecule has 4 rings (SSSR count). The van der Waals surface area contributed by atoms with E-state index in [0.717, 1.165) is 22.8 Å². The molecule has 14 heteroatoms. The molecular formula is C27H33FN3O9P. The van der Waals surface area contributed by atoms with Crippen molar-refractivity contribution in [1.29, 1.82) is 0 Å². The van der Waals surface area contributed by atoms with Gasteiger partial charge in [0.1, 0.15) is 24.1 Å². The third-order valence-electron chi connectivity index (χ3n) is 6.51. The number of fused-ring (bicyclic) bond motifs is 1. The number of halogens is 1. The van der Waals surface area contributed by atoms with Gasteiger partial charge in [0.05, 0.1) is 25.5 Å². The van der Waals surface area contributed by atoms with E-state index in [2.05, 4.69) is 5.09 Å². The zero-order chi connectivity index (χ0) is 29.6. The first-order valence-corrected chi connectivity index (χ1v) is 14.9. The lowest BCUT2D eigenvalue weighted by atomic mass is 10.1. The lowest BCUT2D eigenvalue weighted by Crippen LogP contribution is -2.36. The average molecular weight is 594 g/mol. The first-order valence-electron chi connectivity index (χ1n) is 13.3. The van der Waals surface area contributed by atoms with Crippen LogP contribution in [0.5, 0.6) is 5.75 Å². The van der Waals surface area contributed by atoms with Crippen molar-refractivity contribution in [3.05, 3.63) is 75.3 Å². The Balaban J connectivity index is 1.51. The molecule has 0 aliphatic carbocycles. The summed E-state index contributed by atoms with van der Waals surface area (Å²) in [6, 6.07) is 11.3. The number of benzene rings is 2. The molecule has 3 aromatic rings. The van der Waals surface area contributed by atoms with E-state index in [-0.39, 0.29) is 18.8 Å². The lowest BCUT2D eigenvalue weighted by molar-refractivity contribution is -0.145. The fourth-order valence-electron chi connectivity index (χ4n) is 4.32. The highest BCUT2D eigenvalue weighted by molar-refractivity contribution is 7.52. The molecule has 5 atom stereocenters. The Hall–Kier alpha value is -3.35. The predicted molar refractivity (Wildman–Crippen MR) is 147 cm³/mol. The van der Waals surface area contributed by atoms with E-state index >= 15 is 0 Å². The highest BCUT2D eigenvalue weighted by Crippen LogP contribution is 2.47. The summed E-state index contributed by atoms with van der Waals surface area (Å²) in [5.41, 5.74) is -2.10. The quantitative estimate of drug-likeness (QED) is 0.152. The van der Waals surface area contributed by atoms with Gasteiger partial charge in [0, 0.05) is 11.8 Å². The van der Waals surface area contributed by atoms with Gasteiger partial charge in [-0.2, -0.15) is 9.48 Å². The van der Waals surface area contributed by atoms with Gasteiger partial charge in [-0.3, -0.25) is 23.7 Å². The number of esters is 1. The van der Waals surface area contributed by atoms with Crippen LogP contribution < -0.4 is 20.9 Å². The minimum Gasteiger partial charge on any atom is -0.465 e. The van der Waals surface area contributed by atoms with Crippen LogP contribution in [0.25, 0.3) is 10.8 Å². The number of nitrogens with one attached hydrogen (secondary N) is 2. The monoisotopic (exact) mass is 593 g/mol. The van der Waals surface area contributed by atoms with Crippen LogP contribution in [0.1, 0.15) is 45.8 Å². The van der Waals surface area contributed by atoms with Crippen molar-refractivity contribution >= 4 is 24.5 Å². The second-order valence-corrected chi connectivity index (χ2v) is 11.4. The minimum atomic E-state index is -4.31. The molecule has 1 fully saturated rings. The van der Waals surface area contributed by atoms with Gasteiger partial charge in [-0.15, -0.1) is 0 Å². The standard InChI is InChI=1S/C27H33FN3O9P/c1-3-4-7-13-37-26(34)17(2)30-41(36,40-22-12-8-10-18-9-5-6-11-19(18)22)38-16-23-21(32)14-24(39-23)31-15-20(28)25(33)29-27(31)35/h5-6,8-12,15,17,21,23-24,32H,3-4,7,13-14,16H2,1-2H3,(H,30,36)(H,29,33,35)/t17-,21?,23+,24+,41?/m0/s1. The molecule has 0 bridgehead atoms. The fourth-order valence-corrected chi connectivity index (χ4v) is 5.84. The number of rotatable bonds is 13. The first-order chi connectivity index (χ1) is 19.6. The number of ether oxygens (including phenoxy) is 2. The van der Waals surface area contributed by atoms with Crippen molar-refractivity contribution < 1.29 is 37.4 Å². The van der Waals surface area contributed by atoms with Crippen molar-refractivity contribution in [2.75, 3.05) is 13.2 Å². The topological polar surface area (TPSA) is 158 Å². The molecule has 1 aliphatic rings. The number of aliphatic hydroxyl groups is 1. The normalized spacial score (nSPS) is 20.9. The Labute approximate surface area is 235 Å². The zero-order valence-electron chi connectivity index (χ0n) is 22.7. The number of unbranched alkanes of at least 4 members (excludes halogenated alkanes) is 2. The van der Waals surface area contributed by atoms with Crippen molar-refractivity contribution in [1.82, 2.24) is 14.6 Å². The summed E-state index contributed by atoms with van der Waals surface area (Å²) in [6.07, 6.45) is -0.346. The number of aromatic amines is 1.